The van der Waals surface area contributed by atoms with E-state index in [-0.39, 0.29) is 17.2 Å². The van der Waals surface area contributed by atoms with E-state index >= 15 is 0 Å². The summed E-state index contributed by atoms with van der Waals surface area (Å²) < 4.78 is 1.93. The van der Waals surface area contributed by atoms with Crippen molar-refractivity contribution >= 4 is 17.7 Å². The summed E-state index contributed by atoms with van der Waals surface area (Å²) in [7, 11) is 0. The summed E-state index contributed by atoms with van der Waals surface area (Å²) in [5, 5.41) is 8.15. The van der Waals surface area contributed by atoms with Crippen LogP contribution in [0.3, 0.4) is 0 Å². The van der Waals surface area contributed by atoms with Crippen LogP contribution < -0.4 is 5.32 Å². The second-order valence-electron chi connectivity index (χ2n) is 7.18. The number of thioether (sulfide) groups is 1. The molecule has 144 valence electrons. The summed E-state index contributed by atoms with van der Waals surface area (Å²) in [5.41, 5.74) is 2.11. The molecule has 4 rings (SSSR count). The number of nitrogens with one attached hydrogen (secondary N) is 1. The number of para-hydroxylation sites is 1. The van der Waals surface area contributed by atoms with Crippen molar-refractivity contribution in [2.75, 3.05) is 0 Å². The highest BCUT2D eigenvalue weighted by molar-refractivity contribution is 8.00. The van der Waals surface area contributed by atoms with Gasteiger partial charge < -0.3 is 5.32 Å². The molecule has 0 bridgehead atoms. The molecule has 5 nitrogen and oxygen atoms in total. The zero-order chi connectivity index (χ0) is 19.5. The summed E-state index contributed by atoms with van der Waals surface area (Å²) in [4.78, 5) is 17.4. The molecule has 1 heterocycles. The van der Waals surface area contributed by atoms with Crippen LogP contribution in [0.1, 0.15) is 50.0 Å². The van der Waals surface area contributed by atoms with Gasteiger partial charge in [0.15, 0.2) is 0 Å². The zero-order valence-corrected chi connectivity index (χ0v) is 16.9. The Morgan fingerprint density at radius 1 is 1.07 bits per heavy atom. The van der Waals surface area contributed by atoms with Crippen LogP contribution in [0.25, 0.3) is 5.69 Å². The van der Waals surface area contributed by atoms with Gasteiger partial charge in [0, 0.05) is 5.92 Å². The lowest BCUT2D eigenvalue weighted by atomic mass is 10.1. The molecule has 1 aromatic heterocycles. The third-order valence-corrected chi connectivity index (χ3v) is 5.82. The molecular formula is C22H24N4OS. The Morgan fingerprint density at radius 2 is 1.71 bits per heavy atom. The van der Waals surface area contributed by atoms with Gasteiger partial charge in [-0.1, -0.05) is 60.3 Å². The molecule has 3 aromatic rings. The monoisotopic (exact) mass is 392 g/mol. The second-order valence-corrected chi connectivity index (χ2v) is 8.48. The molecule has 1 aliphatic carbocycles. The van der Waals surface area contributed by atoms with Crippen LogP contribution in [0.5, 0.6) is 0 Å². The molecule has 28 heavy (non-hydrogen) atoms. The zero-order valence-electron chi connectivity index (χ0n) is 16.1. The Morgan fingerprint density at radius 3 is 2.36 bits per heavy atom. The minimum Gasteiger partial charge on any atom is -0.349 e. The Balaban J connectivity index is 1.46. The number of carbonyl (C=O) groups is 1. The molecule has 0 spiro atoms. The van der Waals surface area contributed by atoms with Crippen LogP contribution in [0.2, 0.25) is 0 Å². The van der Waals surface area contributed by atoms with E-state index in [1.807, 2.05) is 79.2 Å². The SMILES string of the molecule is CC(Sc1nc(C2CC2)n(-c2ccccc2)n1)C(=O)NC(C)c1ccccc1. The number of carbonyl (C=O) groups excluding carboxylic acids is 1. The number of benzene rings is 2. The summed E-state index contributed by atoms with van der Waals surface area (Å²) >= 11 is 1.41. The number of hydrogen-bond acceptors (Lipinski definition) is 4. The molecule has 2 unspecified atom stereocenters. The van der Waals surface area contributed by atoms with E-state index in [0.29, 0.717) is 11.1 Å². The minimum atomic E-state index is -0.273. The van der Waals surface area contributed by atoms with Crippen LogP contribution in [0.15, 0.2) is 65.8 Å². The molecule has 1 amide bonds. The molecule has 1 saturated carbocycles. The van der Waals surface area contributed by atoms with E-state index in [4.69, 9.17) is 4.98 Å². The van der Waals surface area contributed by atoms with Gasteiger partial charge in [0.1, 0.15) is 5.82 Å². The fraction of sp³-hybridized carbons (Fsp3) is 0.318. The van der Waals surface area contributed by atoms with E-state index in [1.54, 1.807) is 0 Å². The minimum absolute atomic E-state index is 0.00890. The second kappa shape index (κ2) is 8.19. The number of rotatable bonds is 7. The van der Waals surface area contributed by atoms with Crippen LogP contribution in [-0.4, -0.2) is 25.9 Å². The topological polar surface area (TPSA) is 59.8 Å². The van der Waals surface area contributed by atoms with Gasteiger partial charge >= 0.3 is 0 Å². The first kappa shape index (κ1) is 18.7. The number of amides is 1. The highest BCUT2D eigenvalue weighted by Gasteiger charge is 2.31. The first-order valence-corrected chi connectivity index (χ1v) is 10.5. The van der Waals surface area contributed by atoms with E-state index in [1.165, 1.54) is 11.8 Å². The Kier molecular flexibility index (Phi) is 5.48. The van der Waals surface area contributed by atoms with Crippen molar-refractivity contribution in [2.45, 2.75) is 49.1 Å². The third kappa shape index (κ3) is 4.28. The van der Waals surface area contributed by atoms with Crippen molar-refractivity contribution in [3.63, 3.8) is 0 Å². The fourth-order valence-electron chi connectivity index (χ4n) is 3.09. The summed E-state index contributed by atoms with van der Waals surface area (Å²) in [5.74, 6) is 1.47. The van der Waals surface area contributed by atoms with Gasteiger partial charge in [0.2, 0.25) is 11.1 Å². The van der Waals surface area contributed by atoms with Gasteiger partial charge in [-0.3, -0.25) is 4.79 Å². The van der Waals surface area contributed by atoms with Crippen molar-refractivity contribution in [3.05, 3.63) is 72.1 Å². The lowest BCUT2D eigenvalue weighted by Crippen LogP contribution is -2.33. The summed E-state index contributed by atoms with van der Waals surface area (Å²) in [6.07, 6.45) is 2.31. The van der Waals surface area contributed by atoms with E-state index < -0.39 is 0 Å². The van der Waals surface area contributed by atoms with Crippen molar-refractivity contribution < 1.29 is 4.79 Å². The van der Waals surface area contributed by atoms with Crippen LogP contribution >= 0.6 is 11.8 Å². The van der Waals surface area contributed by atoms with Gasteiger partial charge in [-0.15, -0.1) is 5.10 Å². The maximum absolute atomic E-state index is 12.6. The predicted molar refractivity (Wildman–Crippen MR) is 112 cm³/mol. The highest BCUT2D eigenvalue weighted by atomic mass is 32.2. The first-order chi connectivity index (χ1) is 13.6. The summed E-state index contributed by atoms with van der Waals surface area (Å²) in [6, 6.07) is 20.0. The van der Waals surface area contributed by atoms with Gasteiger partial charge in [-0.25, -0.2) is 9.67 Å². The Labute approximate surface area is 169 Å². The molecule has 2 aromatic carbocycles. The summed E-state index contributed by atoms with van der Waals surface area (Å²) in [6.45, 7) is 3.90. The molecule has 0 saturated heterocycles. The number of aromatic nitrogens is 3. The standard InChI is InChI=1S/C22H24N4OS/c1-15(17-9-5-3-6-10-17)23-21(27)16(2)28-22-24-20(18-13-14-18)26(25-22)19-11-7-4-8-12-19/h3-12,15-16,18H,13-14H2,1-2H3,(H,23,27). The predicted octanol–water partition coefficient (Wildman–Crippen LogP) is 4.50. The maximum Gasteiger partial charge on any atom is 0.233 e. The van der Waals surface area contributed by atoms with Crippen LogP contribution in [0.4, 0.5) is 0 Å². The molecule has 0 aliphatic heterocycles. The van der Waals surface area contributed by atoms with Crippen molar-refractivity contribution in [1.29, 1.82) is 0 Å². The first-order valence-electron chi connectivity index (χ1n) is 9.66. The smallest absolute Gasteiger partial charge is 0.233 e. The fourth-order valence-corrected chi connectivity index (χ4v) is 3.85. The molecular weight excluding hydrogens is 368 g/mol. The maximum atomic E-state index is 12.6. The van der Waals surface area contributed by atoms with Gasteiger partial charge in [-0.2, -0.15) is 0 Å². The van der Waals surface area contributed by atoms with Gasteiger partial charge in [0.05, 0.1) is 17.0 Å². The molecule has 2 atom stereocenters. The van der Waals surface area contributed by atoms with Crippen molar-refractivity contribution in [2.24, 2.45) is 0 Å². The normalized spacial score (nSPS) is 15.8. The van der Waals surface area contributed by atoms with Gasteiger partial charge in [-0.05, 0) is 44.4 Å². The van der Waals surface area contributed by atoms with E-state index in [2.05, 4.69) is 10.4 Å². The van der Waals surface area contributed by atoms with Crippen molar-refractivity contribution in [3.8, 4) is 5.69 Å². The Bertz CT molecular complexity index is 938. The third-order valence-electron chi connectivity index (χ3n) is 4.87. The van der Waals surface area contributed by atoms with E-state index in [9.17, 15) is 4.79 Å². The largest absolute Gasteiger partial charge is 0.349 e. The lowest BCUT2D eigenvalue weighted by Gasteiger charge is -2.16. The Hall–Kier alpha value is -2.60. The molecule has 0 radical (unpaired) electrons. The van der Waals surface area contributed by atoms with E-state index in [0.717, 1.165) is 29.9 Å². The van der Waals surface area contributed by atoms with Gasteiger partial charge in [0.25, 0.3) is 0 Å². The van der Waals surface area contributed by atoms with Crippen molar-refractivity contribution in [1.82, 2.24) is 20.1 Å². The molecule has 6 heteroatoms. The lowest BCUT2D eigenvalue weighted by molar-refractivity contribution is -0.120. The highest BCUT2D eigenvalue weighted by Crippen LogP contribution is 2.40. The quantitative estimate of drug-likeness (QED) is 0.601. The average molecular weight is 393 g/mol. The number of hydrogen-bond donors (Lipinski definition) is 1. The molecule has 1 aliphatic rings. The van der Waals surface area contributed by atoms with Crippen LogP contribution in [-0.2, 0) is 4.79 Å². The molecule has 1 N–H and O–H groups in total. The molecule has 1 fully saturated rings. The van der Waals surface area contributed by atoms with Crippen LogP contribution in [0, 0.1) is 0 Å². The average Bonchev–Trinajstić information content (AvgIpc) is 3.49. The number of nitrogens with zero attached hydrogens (tertiary/aromatic N) is 3.